The van der Waals surface area contributed by atoms with Crippen LogP contribution >= 0.6 is 0 Å². The molecule has 0 spiro atoms. The molecule has 0 N–H and O–H groups in total. The standard InChI is InChI=1S/C32H15N3O/c33-16-18-5-8-22-26-14-21(20-7-10-31-25(13-20)24-3-1-2-4-30(24)36-31)15-27-23-9-6-19(17-34)12-29(23)35(32(26)27)28(22)11-18/h1-15H. The van der Waals surface area contributed by atoms with Gasteiger partial charge in [-0.05, 0) is 65.7 Å². The Hall–Kier alpha value is -5.32. The predicted molar refractivity (Wildman–Crippen MR) is 143 cm³/mol. The van der Waals surface area contributed by atoms with Gasteiger partial charge in [-0.1, -0.05) is 36.4 Å². The van der Waals surface area contributed by atoms with Crippen molar-refractivity contribution in [2.75, 3.05) is 0 Å². The first-order valence-corrected chi connectivity index (χ1v) is 11.7. The fourth-order valence-corrected chi connectivity index (χ4v) is 5.76. The van der Waals surface area contributed by atoms with Crippen LogP contribution in [0, 0.1) is 22.7 Å². The lowest BCUT2D eigenvalue weighted by molar-refractivity contribution is 0.669. The first-order chi connectivity index (χ1) is 17.7. The van der Waals surface area contributed by atoms with Gasteiger partial charge in [0, 0.05) is 32.3 Å². The van der Waals surface area contributed by atoms with Gasteiger partial charge < -0.3 is 8.82 Å². The van der Waals surface area contributed by atoms with Gasteiger partial charge in [-0.2, -0.15) is 10.5 Å². The summed E-state index contributed by atoms with van der Waals surface area (Å²) in [5, 5.41) is 25.8. The Labute approximate surface area is 204 Å². The van der Waals surface area contributed by atoms with Gasteiger partial charge in [0.1, 0.15) is 11.2 Å². The minimum Gasteiger partial charge on any atom is -0.456 e. The predicted octanol–water partition coefficient (Wildman–Crippen LogP) is 8.15. The molecule has 5 aromatic carbocycles. The van der Waals surface area contributed by atoms with Crippen LogP contribution in [0.3, 0.4) is 0 Å². The zero-order valence-corrected chi connectivity index (χ0v) is 18.9. The van der Waals surface area contributed by atoms with Crippen molar-refractivity contribution in [1.29, 1.82) is 10.5 Å². The van der Waals surface area contributed by atoms with E-state index in [1.807, 2.05) is 60.7 Å². The van der Waals surface area contributed by atoms with E-state index >= 15 is 0 Å². The van der Waals surface area contributed by atoms with Crippen LogP contribution in [0.25, 0.3) is 71.2 Å². The van der Waals surface area contributed by atoms with E-state index in [-0.39, 0.29) is 0 Å². The monoisotopic (exact) mass is 457 g/mol. The van der Waals surface area contributed by atoms with Gasteiger partial charge in [-0.25, -0.2) is 0 Å². The summed E-state index contributed by atoms with van der Waals surface area (Å²) < 4.78 is 8.25. The molecule has 0 fully saturated rings. The number of furan rings is 1. The van der Waals surface area contributed by atoms with Crippen LogP contribution < -0.4 is 0 Å². The normalized spacial score (nSPS) is 11.8. The van der Waals surface area contributed by atoms with Crippen molar-refractivity contribution >= 4 is 60.0 Å². The molecule has 0 aliphatic carbocycles. The largest absolute Gasteiger partial charge is 0.456 e. The molecule has 36 heavy (non-hydrogen) atoms. The van der Waals surface area contributed by atoms with E-state index in [9.17, 15) is 10.5 Å². The molecule has 0 saturated heterocycles. The van der Waals surface area contributed by atoms with Gasteiger partial charge in [0.15, 0.2) is 0 Å². The highest BCUT2D eigenvalue weighted by Gasteiger charge is 2.20. The lowest BCUT2D eigenvalue weighted by Crippen LogP contribution is -1.83. The second kappa shape index (κ2) is 6.63. The molecule has 3 aromatic heterocycles. The Bertz CT molecular complexity index is 2180. The highest BCUT2D eigenvalue weighted by atomic mass is 16.3. The molecule has 0 amide bonds. The average Bonchev–Trinajstić information content (AvgIpc) is 3.57. The van der Waals surface area contributed by atoms with Crippen molar-refractivity contribution in [3.8, 4) is 23.3 Å². The number of fused-ring (bicyclic) bond motifs is 9. The number of nitriles is 2. The van der Waals surface area contributed by atoms with E-state index in [0.29, 0.717) is 11.1 Å². The molecule has 4 nitrogen and oxygen atoms in total. The van der Waals surface area contributed by atoms with Crippen LogP contribution in [-0.2, 0) is 0 Å². The van der Waals surface area contributed by atoms with E-state index in [0.717, 1.165) is 71.2 Å². The quantitative estimate of drug-likeness (QED) is 0.250. The highest BCUT2D eigenvalue weighted by Crippen LogP contribution is 2.42. The number of rotatable bonds is 1. The third kappa shape index (κ3) is 2.35. The molecule has 0 atom stereocenters. The molecule has 0 aliphatic heterocycles. The van der Waals surface area contributed by atoms with Gasteiger partial charge >= 0.3 is 0 Å². The second-order valence-electron chi connectivity index (χ2n) is 9.25. The van der Waals surface area contributed by atoms with Gasteiger partial charge in [0.05, 0.1) is 39.8 Å². The van der Waals surface area contributed by atoms with E-state index in [1.165, 1.54) is 0 Å². The summed E-state index contributed by atoms with van der Waals surface area (Å²) in [6, 6.07) is 35.2. The average molecular weight is 457 g/mol. The van der Waals surface area contributed by atoms with Crippen LogP contribution in [0.2, 0.25) is 0 Å². The van der Waals surface area contributed by atoms with Crippen molar-refractivity contribution < 1.29 is 4.42 Å². The molecule has 0 saturated carbocycles. The Morgan fingerprint density at radius 3 is 1.81 bits per heavy atom. The lowest BCUT2D eigenvalue weighted by Gasteiger charge is -2.05. The molecule has 8 aromatic rings. The first kappa shape index (κ1) is 19.0. The summed E-state index contributed by atoms with van der Waals surface area (Å²) in [7, 11) is 0. The molecule has 0 bridgehead atoms. The third-order valence-electron chi connectivity index (χ3n) is 7.36. The summed E-state index contributed by atoms with van der Waals surface area (Å²) in [4.78, 5) is 0. The molecule has 0 unspecified atom stereocenters. The van der Waals surface area contributed by atoms with Crippen molar-refractivity contribution in [1.82, 2.24) is 4.40 Å². The van der Waals surface area contributed by atoms with Crippen LogP contribution in [0.4, 0.5) is 0 Å². The van der Waals surface area contributed by atoms with Gasteiger partial charge in [0.2, 0.25) is 0 Å². The molecular weight excluding hydrogens is 442 g/mol. The lowest BCUT2D eigenvalue weighted by atomic mass is 9.97. The van der Waals surface area contributed by atoms with Crippen molar-refractivity contribution in [3.63, 3.8) is 0 Å². The van der Waals surface area contributed by atoms with Crippen molar-refractivity contribution in [2.45, 2.75) is 0 Å². The molecule has 164 valence electrons. The molecular formula is C32H15N3O. The third-order valence-corrected chi connectivity index (χ3v) is 7.36. The number of benzene rings is 5. The maximum Gasteiger partial charge on any atom is 0.135 e. The minimum atomic E-state index is 0.616. The van der Waals surface area contributed by atoms with Crippen LogP contribution in [0.1, 0.15) is 11.1 Å². The fourth-order valence-electron chi connectivity index (χ4n) is 5.76. The van der Waals surface area contributed by atoms with E-state index in [1.54, 1.807) is 0 Å². The summed E-state index contributed by atoms with van der Waals surface area (Å²) in [6.07, 6.45) is 0. The van der Waals surface area contributed by atoms with E-state index in [2.05, 4.69) is 46.9 Å². The number of nitrogens with zero attached hydrogens (tertiary/aromatic N) is 3. The first-order valence-electron chi connectivity index (χ1n) is 11.7. The topological polar surface area (TPSA) is 65.1 Å². The number of aromatic nitrogens is 1. The van der Waals surface area contributed by atoms with E-state index < -0.39 is 0 Å². The number of hydrogen-bond donors (Lipinski definition) is 0. The number of hydrogen-bond acceptors (Lipinski definition) is 3. The minimum absolute atomic E-state index is 0.616. The maximum atomic E-state index is 9.55. The summed E-state index contributed by atoms with van der Waals surface area (Å²) >= 11 is 0. The Morgan fingerprint density at radius 1 is 0.528 bits per heavy atom. The summed E-state index contributed by atoms with van der Waals surface area (Å²) in [5.74, 6) is 0. The highest BCUT2D eigenvalue weighted by molar-refractivity contribution is 6.24. The smallest absolute Gasteiger partial charge is 0.135 e. The van der Waals surface area contributed by atoms with Gasteiger partial charge in [-0.15, -0.1) is 0 Å². The molecule has 0 radical (unpaired) electrons. The molecule has 3 heterocycles. The molecule has 4 heteroatoms. The molecule has 0 aliphatic rings. The fraction of sp³-hybridized carbons (Fsp3) is 0. The zero-order chi connectivity index (χ0) is 24.0. The SMILES string of the molecule is N#Cc1ccc2c3cc(-c4ccc5oc6ccccc6c5c4)cc4c5ccc(C#N)cc5n(c2c1)c34. The van der Waals surface area contributed by atoms with Crippen LogP contribution in [0.15, 0.2) is 95.4 Å². The summed E-state index contributed by atoms with van der Waals surface area (Å²) in [6.45, 7) is 0. The van der Waals surface area contributed by atoms with E-state index in [4.69, 9.17) is 4.42 Å². The van der Waals surface area contributed by atoms with Crippen molar-refractivity contribution in [3.05, 3.63) is 102 Å². The van der Waals surface area contributed by atoms with Crippen LogP contribution in [-0.4, -0.2) is 4.40 Å². The second-order valence-corrected chi connectivity index (χ2v) is 9.25. The Morgan fingerprint density at radius 2 is 1.14 bits per heavy atom. The Kier molecular flexibility index (Phi) is 3.51. The van der Waals surface area contributed by atoms with Gasteiger partial charge in [0.25, 0.3) is 0 Å². The molecule has 8 rings (SSSR count). The zero-order valence-electron chi connectivity index (χ0n) is 18.9. The Balaban J connectivity index is 1.52. The number of para-hydroxylation sites is 1. The van der Waals surface area contributed by atoms with Crippen molar-refractivity contribution in [2.24, 2.45) is 0 Å². The maximum absolute atomic E-state index is 9.55. The van der Waals surface area contributed by atoms with Crippen LogP contribution in [0.5, 0.6) is 0 Å². The van der Waals surface area contributed by atoms with Gasteiger partial charge in [-0.3, -0.25) is 0 Å². The summed E-state index contributed by atoms with van der Waals surface area (Å²) in [5.41, 5.74) is 8.30.